The number of hydrogen-bond acceptors (Lipinski definition) is 6. The van der Waals surface area contributed by atoms with Gasteiger partial charge < -0.3 is 15.4 Å². The Morgan fingerprint density at radius 1 is 1.44 bits per heavy atom. The fraction of sp³-hybridized carbons (Fsp3) is 0.727. The zero-order valence-corrected chi connectivity index (χ0v) is 12.1. The number of methoxy groups -OCH3 is 1. The number of carbonyl (C=O) groups excluding carboxylic acids is 1. The molecule has 0 fully saturated rings. The summed E-state index contributed by atoms with van der Waals surface area (Å²) in [6.07, 6.45) is 0. The molecule has 0 radical (unpaired) electrons. The van der Waals surface area contributed by atoms with Crippen molar-refractivity contribution in [3.63, 3.8) is 0 Å². The summed E-state index contributed by atoms with van der Waals surface area (Å²) in [6.45, 7) is 7.38. The minimum absolute atomic E-state index is 0.0723. The van der Waals surface area contributed by atoms with Crippen LogP contribution in [0.1, 0.15) is 26.6 Å². The van der Waals surface area contributed by atoms with Crippen molar-refractivity contribution in [2.24, 2.45) is 0 Å². The standard InChI is InChI=1S/C11H20N4O2S/c1-11(2,3)9-14-10(18-15-9)13-7-8(16)12-5-6-17-4/h5-7H2,1-4H3,(H,12,16)(H,13,14,15). The van der Waals surface area contributed by atoms with Crippen LogP contribution in [0.25, 0.3) is 0 Å². The first kappa shape index (κ1) is 14.8. The van der Waals surface area contributed by atoms with Gasteiger partial charge in [0, 0.05) is 30.6 Å². The van der Waals surface area contributed by atoms with Gasteiger partial charge in [-0.1, -0.05) is 20.8 Å². The molecule has 0 unspecified atom stereocenters. The smallest absolute Gasteiger partial charge is 0.239 e. The maximum Gasteiger partial charge on any atom is 0.239 e. The average Bonchev–Trinajstić information content (AvgIpc) is 2.75. The van der Waals surface area contributed by atoms with Gasteiger partial charge in [-0.25, -0.2) is 4.98 Å². The van der Waals surface area contributed by atoms with E-state index in [0.29, 0.717) is 18.3 Å². The number of ether oxygens (including phenoxy) is 1. The van der Waals surface area contributed by atoms with E-state index in [2.05, 4.69) is 40.8 Å². The van der Waals surface area contributed by atoms with E-state index in [1.54, 1.807) is 7.11 Å². The molecule has 0 bridgehead atoms. The van der Waals surface area contributed by atoms with Crippen molar-refractivity contribution in [2.75, 3.05) is 32.1 Å². The number of amides is 1. The quantitative estimate of drug-likeness (QED) is 0.756. The summed E-state index contributed by atoms with van der Waals surface area (Å²) in [5.74, 6) is 0.703. The molecule has 0 aliphatic heterocycles. The Labute approximate surface area is 111 Å². The van der Waals surface area contributed by atoms with E-state index >= 15 is 0 Å². The highest BCUT2D eigenvalue weighted by atomic mass is 32.1. The van der Waals surface area contributed by atoms with E-state index in [1.165, 1.54) is 11.5 Å². The monoisotopic (exact) mass is 272 g/mol. The van der Waals surface area contributed by atoms with Gasteiger partial charge in [-0.2, -0.15) is 4.37 Å². The van der Waals surface area contributed by atoms with Crippen LogP contribution in [0.3, 0.4) is 0 Å². The van der Waals surface area contributed by atoms with Crippen molar-refractivity contribution in [3.8, 4) is 0 Å². The fourth-order valence-corrected chi connectivity index (χ4v) is 1.86. The van der Waals surface area contributed by atoms with Gasteiger partial charge in [-0.05, 0) is 0 Å². The van der Waals surface area contributed by atoms with Gasteiger partial charge in [0.15, 0.2) is 0 Å². The van der Waals surface area contributed by atoms with Crippen molar-refractivity contribution >= 4 is 22.6 Å². The third-order valence-corrected chi connectivity index (χ3v) is 2.80. The molecule has 1 amide bonds. The molecule has 7 heteroatoms. The molecule has 0 saturated carbocycles. The molecule has 0 saturated heterocycles. The lowest BCUT2D eigenvalue weighted by atomic mass is 9.96. The van der Waals surface area contributed by atoms with Crippen LogP contribution in [0.5, 0.6) is 0 Å². The Morgan fingerprint density at radius 2 is 2.17 bits per heavy atom. The van der Waals surface area contributed by atoms with E-state index < -0.39 is 0 Å². The number of nitrogens with one attached hydrogen (secondary N) is 2. The molecule has 1 rings (SSSR count). The van der Waals surface area contributed by atoms with Crippen molar-refractivity contribution in [1.82, 2.24) is 14.7 Å². The lowest BCUT2D eigenvalue weighted by Crippen LogP contribution is -2.32. The minimum atomic E-state index is -0.0837. The van der Waals surface area contributed by atoms with Gasteiger partial charge in [0.05, 0.1) is 13.2 Å². The van der Waals surface area contributed by atoms with Crippen LogP contribution < -0.4 is 10.6 Å². The zero-order chi connectivity index (χ0) is 13.6. The Hall–Kier alpha value is -1.21. The molecular weight excluding hydrogens is 252 g/mol. The van der Waals surface area contributed by atoms with E-state index in [4.69, 9.17) is 4.74 Å². The van der Waals surface area contributed by atoms with E-state index in [0.717, 1.165) is 5.82 Å². The Balaban J connectivity index is 2.35. The second-order valence-corrected chi connectivity index (χ2v) is 5.62. The molecule has 0 spiro atoms. The largest absolute Gasteiger partial charge is 0.383 e. The highest BCUT2D eigenvalue weighted by Gasteiger charge is 2.19. The molecule has 0 aliphatic carbocycles. The molecule has 1 aromatic rings. The van der Waals surface area contributed by atoms with Crippen LogP contribution in [-0.4, -0.2) is 42.1 Å². The van der Waals surface area contributed by atoms with Gasteiger partial charge >= 0.3 is 0 Å². The van der Waals surface area contributed by atoms with E-state index in [-0.39, 0.29) is 17.9 Å². The molecule has 0 atom stereocenters. The summed E-state index contributed by atoms with van der Waals surface area (Å²) in [5.41, 5.74) is -0.0723. The molecule has 1 aromatic heterocycles. The second-order valence-electron chi connectivity index (χ2n) is 4.87. The van der Waals surface area contributed by atoms with E-state index in [1.807, 2.05) is 0 Å². The van der Waals surface area contributed by atoms with Crippen LogP contribution in [0.15, 0.2) is 0 Å². The Bertz CT molecular complexity index is 387. The predicted molar refractivity (Wildman–Crippen MR) is 72.0 cm³/mol. The van der Waals surface area contributed by atoms with Gasteiger partial charge in [0.25, 0.3) is 0 Å². The Kier molecular flexibility index (Phi) is 5.49. The SMILES string of the molecule is COCCNC(=O)CNc1nc(C(C)(C)C)ns1. The van der Waals surface area contributed by atoms with Crippen molar-refractivity contribution in [3.05, 3.63) is 5.82 Å². The normalized spacial score (nSPS) is 11.3. The molecule has 2 N–H and O–H groups in total. The first-order chi connectivity index (χ1) is 8.43. The maximum atomic E-state index is 11.4. The average molecular weight is 272 g/mol. The number of nitrogens with zero attached hydrogens (tertiary/aromatic N) is 2. The number of aromatic nitrogens is 2. The molecule has 18 heavy (non-hydrogen) atoms. The van der Waals surface area contributed by atoms with Gasteiger partial charge in [-0.15, -0.1) is 0 Å². The number of anilines is 1. The van der Waals surface area contributed by atoms with Crippen LogP contribution in [0.2, 0.25) is 0 Å². The van der Waals surface area contributed by atoms with Crippen LogP contribution >= 0.6 is 11.5 Å². The zero-order valence-electron chi connectivity index (χ0n) is 11.2. The molecule has 0 aliphatic rings. The number of rotatable bonds is 6. The number of carbonyl (C=O) groups is 1. The maximum absolute atomic E-state index is 11.4. The fourth-order valence-electron chi connectivity index (χ4n) is 1.11. The topological polar surface area (TPSA) is 76.1 Å². The lowest BCUT2D eigenvalue weighted by Gasteiger charge is -2.12. The molecule has 0 aromatic carbocycles. The predicted octanol–water partition coefficient (Wildman–Crippen LogP) is 1.01. The summed E-state index contributed by atoms with van der Waals surface area (Å²) < 4.78 is 9.10. The second kappa shape index (κ2) is 6.65. The first-order valence-corrected chi connectivity index (χ1v) is 6.54. The molecular formula is C11H20N4O2S. The minimum Gasteiger partial charge on any atom is -0.383 e. The first-order valence-electron chi connectivity index (χ1n) is 5.77. The van der Waals surface area contributed by atoms with E-state index in [9.17, 15) is 4.79 Å². The van der Waals surface area contributed by atoms with Crippen LogP contribution in [-0.2, 0) is 14.9 Å². The highest BCUT2D eigenvalue weighted by Crippen LogP contribution is 2.22. The van der Waals surface area contributed by atoms with Crippen molar-refractivity contribution in [1.29, 1.82) is 0 Å². The number of hydrogen-bond donors (Lipinski definition) is 2. The summed E-state index contributed by atoms with van der Waals surface area (Å²) in [5, 5.41) is 6.35. The summed E-state index contributed by atoms with van der Waals surface area (Å²) in [6, 6.07) is 0. The third kappa shape index (κ3) is 4.97. The molecule has 1 heterocycles. The Morgan fingerprint density at radius 3 is 2.72 bits per heavy atom. The van der Waals surface area contributed by atoms with Crippen molar-refractivity contribution < 1.29 is 9.53 Å². The van der Waals surface area contributed by atoms with Crippen molar-refractivity contribution in [2.45, 2.75) is 26.2 Å². The highest BCUT2D eigenvalue weighted by molar-refractivity contribution is 7.09. The summed E-state index contributed by atoms with van der Waals surface area (Å²) in [7, 11) is 1.60. The summed E-state index contributed by atoms with van der Waals surface area (Å²) >= 11 is 1.27. The van der Waals surface area contributed by atoms with Crippen LogP contribution in [0, 0.1) is 0 Å². The van der Waals surface area contributed by atoms with Gasteiger partial charge in [0.1, 0.15) is 5.82 Å². The lowest BCUT2D eigenvalue weighted by molar-refractivity contribution is -0.119. The molecule has 102 valence electrons. The summed E-state index contributed by atoms with van der Waals surface area (Å²) in [4.78, 5) is 15.8. The van der Waals surface area contributed by atoms with Gasteiger partial charge in [0.2, 0.25) is 11.0 Å². The van der Waals surface area contributed by atoms with Crippen LogP contribution in [0.4, 0.5) is 5.13 Å². The third-order valence-electron chi connectivity index (χ3n) is 2.13. The van der Waals surface area contributed by atoms with Gasteiger partial charge in [-0.3, -0.25) is 4.79 Å². The molecule has 6 nitrogen and oxygen atoms in total.